The molecule has 0 saturated heterocycles. The van der Waals surface area contributed by atoms with Gasteiger partial charge < -0.3 is 26.0 Å². The Hall–Kier alpha value is -4.32. The lowest BCUT2D eigenvalue weighted by Gasteiger charge is -2.35. The molecule has 0 fully saturated rings. The standard InChI is InChI=1S/C34H46N4O5/c1-7-9-10-11-16-23-38(32(41)28(21-22-29(35)39)37-33(42)43-34(4,5)6)30(26-19-14-13-18-25(26)8-2)31(40)36-27-20-15-12-17-24(27)3/h2,12-15,17-20,28,30H,7,9-11,16,21-23H2,1,3-6H3,(H2,35,39)(H,36,40)(H,37,42). The number of amides is 4. The fraction of sp³-hybridized carbons (Fsp3) is 0.471. The Labute approximate surface area is 255 Å². The molecule has 0 spiro atoms. The number of nitrogens with two attached hydrogens (primary N) is 1. The van der Waals surface area contributed by atoms with Crippen molar-refractivity contribution in [1.29, 1.82) is 0 Å². The molecule has 0 aliphatic rings. The van der Waals surface area contributed by atoms with Crippen molar-refractivity contribution in [3.05, 3.63) is 65.2 Å². The number of terminal acetylenes is 1. The van der Waals surface area contributed by atoms with Crippen molar-refractivity contribution in [3.63, 3.8) is 0 Å². The summed E-state index contributed by atoms with van der Waals surface area (Å²) >= 11 is 0. The molecule has 2 atom stereocenters. The van der Waals surface area contributed by atoms with Crippen LogP contribution in [0.2, 0.25) is 0 Å². The number of aryl methyl sites for hydroxylation is 1. The van der Waals surface area contributed by atoms with Gasteiger partial charge in [-0.25, -0.2) is 4.79 Å². The molecule has 43 heavy (non-hydrogen) atoms. The van der Waals surface area contributed by atoms with Crippen LogP contribution in [0.15, 0.2) is 48.5 Å². The summed E-state index contributed by atoms with van der Waals surface area (Å²) in [7, 11) is 0. The summed E-state index contributed by atoms with van der Waals surface area (Å²) in [4.78, 5) is 54.5. The van der Waals surface area contributed by atoms with Gasteiger partial charge in [0.05, 0.1) is 0 Å². The monoisotopic (exact) mass is 590 g/mol. The highest BCUT2D eigenvalue weighted by molar-refractivity contribution is 5.99. The number of benzene rings is 2. The molecule has 2 unspecified atom stereocenters. The van der Waals surface area contributed by atoms with Crippen LogP contribution in [0.4, 0.5) is 10.5 Å². The molecule has 9 nitrogen and oxygen atoms in total. The van der Waals surface area contributed by atoms with Crippen molar-refractivity contribution < 1.29 is 23.9 Å². The van der Waals surface area contributed by atoms with Crippen LogP contribution in [0.1, 0.15) is 95.4 Å². The van der Waals surface area contributed by atoms with E-state index in [-0.39, 0.29) is 19.4 Å². The van der Waals surface area contributed by atoms with Crippen LogP contribution >= 0.6 is 0 Å². The highest BCUT2D eigenvalue weighted by Gasteiger charge is 2.37. The zero-order valence-corrected chi connectivity index (χ0v) is 26.1. The van der Waals surface area contributed by atoms with E-state index in [0.29, 0.717) is 23.2 Å². The van der Waals surface area contributed by atoms with Crippen molar-refractivity contribution in [2.75, 3.05) is 11.9 Å². The second-order valence-corrected chi connectivity index (χ2v) is 11.6. The summed E-state index contributed by atoms with van der Waals surface area (Å²) < 4.78 is 5.41. The van der Waals surface area contributed by atoms with E-state index in [4.69, 9.17) is 16.9 Å². The number of unbranched alkanes of at least 4 members (excludes halogenated alkanes) is 4. The Morgan fingerprint density at radius 3 is 2.28 bits per heavy atom. The first-order chi connectivity index (χ1) is 20.4. The Balaban J connectivity index is 2.61. The molecule has 0 aliphatic carbocycles. The molecule has 4 amide bonds. The molecule has 0 aliphatic heterocycles. The molecular weight excluding hydrogens is 544 g/mol. The number of hydrogen-bond acceptors (Lipinski definition) is 5. The number of alkyl carbamates (subject to hydrolysis) is 1. The van der Waals surface area contributed by atoms with Gasteiger partial charge in [-0.1, -0.05) is 74.9 Å². The molecule has 232 valence electrons. The molecule has 2 aromatic rings. The summed E-state index contributed by atoms with van der Waals surface area (Å²) in [6.07, 6.45) is 9.34. The van der Waals surface area contributed by atoms with E-state index >= 15 is 0 Å². The fourth-order valence-corrected chi connectivity index (χ4v) is 4.68. The first kappa shape index (κ1) is 34.9. The molecule has 0 radical (unpaired) electrons. The van der Waals surface area contributed by atoms with E-state index in [1.54, 1.807) is 51.1 Å². The zero-order chi connectivity index (χ0) is 32.0. The number of rotatable bonds is 15. The van der Waals surface area contributed by atoms with Gasteiger partial charge in [-0.3, -0.25) is 14.4 Å². The van der Waals surface area contributed by atoms with Crippen molar-refractivity contribution in [2.45, 2.75) is 97.2 Å². The quantitative estimate of drug-likeness (QED) is 0.183. The number of ether oxygens (including phenoxy) is 1. The van der Waals surface area contributed by atoms with Gasteiger partial charge in [0, 0.05) is 24.2 Å². The summed E-state index contributed by atoms with van der Waals surface area (Å²) in [6, 6.07) is 12.0. The van der Waals surface area contributed by atoms with E-state index in [9.17, 15) is 19.2 Å². The zero-order valence-electron chi connectivity index (χ0n) is 26.1. The van der Waals surface area contributed by atoms with Crippen LogP contribution < -0.4 is 16.4 Å². The molecule has 0 saturated carbocycles. The summed E-state index contributed by atoms with van der Waals surface area (Å²) in [6.45, 7) is 9.33. The molecule has 2 rings (SSSR count). The first-order valence-corrected chi connectivity index (χ1v) is 14.9. The molecule has 2 aromatic carbocycles. The number of nitrogens with zero attached hydrogens (tertiary/aromatic N) is 1. The van der Waals surface area contributed by atoms with E-state index in [1.807, 2.05) is 25.1 Å². The number of carbonyl (C=O) groups is 4. The van der Waals surface area contributed by atoms with Gasteiger partial charge in [-0.2, -0.15) is 0 Å². The smallest absolute Gasteiger partial charge is 0.408 e. The number of hydrogen-bond donors (Lipinski definition) is 3. The average Bonchev–Trinajstić information content (AvgIpc) is 2.94. The van der Waals surface area contributed by atoms with Gasteiger partial charge in [0.15, 0.2) is 0 Å². The van der Waals surface area contributed by atoms with Crippen molar-refractivity contribution in [1.82, 2.24) is 10.2 Å². The van der Waals surface area contributed by atoms with Crippen LogP contribution in [0.3, 0.4) is 0 Å². The topological polar surface area (TPSA) is 131 Å². The maximum Gasteiger partial charge on any atom is 0.408 e. The normalized spacial score (nSPS) is 12.4. The van der Waals surface area contributed by atoms with E-state index in [2.05, 4.69) is 23.5 Å². The number of primary amides is 1. The Kier molecular flexibility index (Phi) is 13.8. The molecular formula is C34H46N4O5. The summed E-state index contributed by atoms with van der Waals surface area (Å²) in [5, 5.41) is 5.60. The third-order valence-electron chi connectivity index (χ3n) is 6.83. The number of nitrogens with one attached hydrogen (secondary N) is 2. The number of anilines is 1. The maximum atomic E-state index is 14.4. The van der Waals surface area contributed by atoms with Crippen molar-refractivity contribution >= 4 is 29.5 Å². The molecule has 0 heterocycles. The van der Waals surface area contributed by atoms with Crippen LogP contribution in [-0.4, -0.2) is 46.9 Å². The van der Waals surface area contributed by atoms with E-state index < -0.39 is 41.5 Å². The second kappa shape index (κ2) is 17.0. The highest BCUT2D eigenvalue weighted by atomic mass is 16.6. The lowest BCUT2D eigenvalue weighted by atomic mass is 9.96. The Bertz CT molecular complexity index is 1290. The third-order valence-corrected chi connectivity index (χ3v) is 6.83. The van der Waals surface area contributed by atoms with Gasteiger partial charge in [0.1, 0.15) is 17.7 Å². The highest BCUT2D eigenvalue weighted by Crippen LogP contribution is 2.29. The van der Waals surface area contributed by atoms with Crippen LogP contribution in [0, 0.1) is 19.3 Å². The minimum absolute atomic E-state index is 0.0668. The van der Waals surface area contributed by atoms with Crippen molar-refractivity contribution in [2.24, 2.45) is 5.73 Å². The molecule has 9 heteroatoms. The van der Waals surface area contributed by atoms with Gasteiger partial charge in [0.25, 0.3) is 5.91 Å². The largest absolute Gasteiger partial charge is 0.444 e. The number of carbonyl (C=O) groups excluding carboxylic acids is 4. The van der Waals surface area contributed by atoms with Gasteiger partial charge >= 0.3 is 6.09 Å². The minimum atomic E-state index is -1.18. The van der Waals surface area contributed by atoms with Crippen molar-refractivity contribution in [3.8, 4) is 12.3 Å². The predicted octanol–water partition coefficient (Wildman–Crippen LogP) is 5.61. The third kappa shape index (κ3) is 11.5. The first-order valence-electron chi connectivity index (χ1n) is 14.9. The van der Waals surface area contributed by atoms with Crippen LogP contribution in [0.5, 0.6) is 0 Å². The number of para-hydroxylation sites is 1. The second-order valence-electron chi connectivity index (χ2n) is 11.6. The molecule has 0 bridgehead atoms. The SMILES string of the molecule is C#Cc1ccccc1C(C(=O)Nc1ccccc1C)N(CCCCCCC)C(=O)C(CCC(N)=O)NC(=O)OC(C)(C)C. The van der Waals surface area contributed by atoms with E-state index in [1.165, 1.54) is 4.90 Å². The minimum Gasteiger partial charge on any atom is -0.444 e. The summed E-state index contributed by atoms with van der Waals surface area (Å²) in [5.74, 6) is 1.02. The fourth-order valence-electron chi connectivity index (χ4n) is 4.68. The average molecular weight is 591 g/mol. The Morgan fingerprint density at radius 1 is 1.00 bits per heavy atom. The van der Waals surface area contributed by atoms with E-state index in [0.717, 1.165) is 31.2 Å². The van der Waals surface area contributed by atoms with Gasteiger partial charge in [-0.15, -0.1) is 6.42 Å². The predicted molar refractivity (Wildman–Crippen MR) is 169 cm³/mol. The molecule has 4 N–H and O–H groups in total. The maximum absolute atomic E-state index is 14.4. The lowest BCUT2D eigenvalue weighted by molar-refractivity contribution is -0.141. The summed E-state index contributed by atoms with van der Waals surface area (Å²) in [5.41, 5.74) is 6.99. The van der Waals surface area contributed by atoms with Crippen LogP contribution in [-0.2, 0) is 19.1 Å². The van der Waals surface area contributed by atoms with Crippen LogP contribution in [0.25, 0.3) is 0 Å². The Morgan fingerprint density at radius 2 is 1.65 bits per heavy atom. The van der Waals surface area contributed by atoms with Gasteiger partial charge in [0.2, 0.25) is 11.8 Å². The lowest BCUT2D eigenvalue weighted by Crippen LogP contribution is -2.53. The van der Waals surface area contributed by atoms with Gasteiger partial charge in [-0.05, 0) is 63.8 Å². The molecule has 0 aromatic heterocycles.